The first-order valence-corrected chi connectivity index (χ1v) is 11.2. The van der Waals surface area contributed by atoms with E-state index in [0.29, 0.717) is 22.6 Å². The Morgan fingerprint density at radius 1 is 1.10 bits per heavy atom. The largest absolute Gasteiger partial charge is 0.452 e. The first kappa shape index (κ1) is 22.5. The van der Waals surface area contributed by atoms with Gasteiger partial charge in [0, 0.05) is 34.3 Å². The first-order valence-electron chi connectivity index (χ1n) is 9.38. The molecule has 0 saturated heterocycles. The highest BCUT2D eigenvalue weighted by atomic mass is 32.2. The van der Waals surface area contributed by atoms with E-state index in [1.165, 1.54) is 11.8 Å². The number of nitrogens with zero attached hydrogens (tertiary/aromatic N) is 1. The summed E-state index contributed by atoms with van der Waals surface area (Å²) in [6.45, 7) is 1.53. The van der Waals surface area contributed by atoms with Gasteiger partial charge in [0.2, 0.25) is 0 Å². The Morgan fingerprint density at radius 3 is 2.52 bits per heavy atom. The molecule has 0 unspecified atom stereocenters. The monoisotopic (exact) mass is 455 g/mol. The standard InChI is InChI=1S/C22H21N3O4S2/c1-14-24-17(12-30-14)13-31-19-6-4-3-5-18(19)22(28)29-11-20(26)25-16-9-7-15(8-10-16)21(27)23-2/h3-10,12H,11,13H2,1-2H3,(H,23,27)(H,25,26). The topological polar surface area (TPSA) is 97.4 Å². The van der Waals surface area contributed by atoms with Crippen molar-refractivity contribution in [1.29, 1.82) is 0 Å². The molecule has 2 N–H and O–H groups in total. The Kier molecular flexibility index (Phi) is 7.80. The molecule has 160 valence electrons. The molecule has 0 radical (unpaired) electrons. The van der Waals surface area contributed by atoms with Crippen LogP contribution in [0.5, 0.6) is 0 Å². The Labute approximate surface area is 188 Å². The number of amides is 2. The molecule has 2 amide bonds. The fourth-order valence-corrected chi connectivity index (χ4v) is 4.29. The van der Waals surface area contributed by atoms with E-state index in [0.717, 1.165) is 15.6 Å². The highest BCUT2D eigenvalue weighted by molar-refractivity contribution is 7.98. The van der Waals surface area contributed by atoms with Gasteiger partial charge in [0.1, 0.15) is 0 Å². The van der Waals surface area contributed by atoms with Gasteiger partial charge in [0.25, 0.3) is 11.8 Å². The molecule has 31 heavy (non-hydrogen) atoms. The molecule has 0 atom stereocenters. The van der Waals surface area contributed by atoms with Gasteiger partial charge in [-0.3, -0.25) is 9.59 Å². The number of carbonyl (C=O) groups excluding carboxylic acids is 3. The number of thioether (sulfide) groups is 1. The Hall–Kier alpha value is -3.17. The molecule has 0 aliphatic heterocycles. The van der Waals surface area contributed by atoms with Crippen molar-refractivity contribution in [2.45, 2.75) is 17.6 Å². The fourth-order valence-electron chi connectivity index (χ4n) is 2.64. The molecule has 0 spiro atoms. The van der Waals surface area contributed by atoms with Gasteiger partial charge in [-0.25, -0.2) is 9.78 Å². The second kappa shape index (κ2) is 10.7. The number of thiazole rings is 1. The van der Waals surface area contributed by atoms with Crippen molar-refractivity contribution in [2.75, 3.05) is 19.0 Å². The minimum atomic E-state index is -0.567. The lowest BCUT2D eigenvalue weighted by molar-refractivity contribution is -0.119. The second-order valence-electron chi connectivity index (χ2n) is 6.42. The predicted octanol–water partition coefficient (Wildman–Crippen LogP) is 3.90. The number of nitrogens with one attached hydrogen (secondary N) is 2. The minimum absolute atomic E-state index is 0.215. The Bertz CT molecular complexity index is 1080. The SMILES string of the molecule is CNC(=O)c1ccc(NC(=O)COC(=O)c2ccccc2SCc2csc(C)n2)cc1. The summed E-state index contributed by atoms with van der Waals surface area (Å²) < 4.78 is 5.20. The predicted molar refractivity (Wildman–Crippen MR) is 122 cm³/mol. The van der Waals surface area contributed by atoms with Crippen LogP contribution in [0.3, 0.4) is 0 Å². The maximum atomic E-state index is 12.5. The molecular weight excluding hydrogens is 434 g/mol. The number of hydrogen-bond donors (Lipinski definition) is 2. The van der Waals surface area contributed by atoms with E-state index in [1.807, 2.05) is 24.4 Å². The van der Waals surface area contributed by atoms with Crippen LogP contribution in [0, 0.1) is 6.92 Å². The summed E-state index contributed by atoms with van der Waals surface area (Å²) >= 11 is 3.08. The van der Waals surface area contributed by atoms with E-state index in [1.54, 1.807) is 54.8 Å². The Balaban J connectivity index is 1.54. The van der Waals surface area contributed by atoms with E-state index in [2.05, 4.69) is 15.6 Å². The van der Waals surface area contributed by atoms with Crippen molar-refractivity contribution in [2.24, 2.45) is 0 Å². The fraction of sp³-hybridized carbons (Fsp3) is 0.182. The number of esters is 1. The number of anilines is 1. The van der Waals surface area contributed by atoms with Crippen LogP contribution in [-0.2, 0) is 15.3 Å². The van der Waals surface area contributed by atoms with Crippen LogP contribution in [0.25, 0.3) is 0 Å². The lowest BCUT2D eigenvalue weighted by Gasteiger charge is -2.10. The van der Waals surface area contributed by atoms with Gasteiger partial charge in [0.05, 0.1) is 16.3 Å². The normalized spacial score (nSPS) is 10.4. The van der Waals surface area contributed by atoms with E-state index in [-0.39, 0.29) is 5.91 Å². The number of benzene rings is 2. The number of hydrogen-bond acceptors (Lipinski definition) is 7. The smallest absolute Gasteiger partial charge is 0.339 e. The minimum Gasteiger partial charge on any atom is -0.452 e. The van der Waals surface area contributed by atoms with Crippen molar-refractivity contribution < 1.29 is 19.1 Å². The molecule has 1 aromatic heterocycles. The van der Waals surface area contributed by atoms with E-state index in [4.69, 9.17) is 4.74 Å². The average Bonchev–Trinajstić information content (AvgIpc) is 3.21. The van der Waals surface area contributed by atoms with Crippen molar-refractivity contribution in [3.05, 3.63) is 75.7 Å². The number of rotatable bonds is 8. The molecule has 1 heterocycles. The zero-order valence-electron chi connectivity index (χ0n) is 17.0. The third-order valence-corrected chi connectivity index (χ3v) is 6.07. The lowest BCUT2D eigenvalue weighted by atomic mass is 10.2. The number of carbonyl (C=O) groups is 3. The zero-order valence-corrected chi connectivity index (χ0v) is 18.6. The summed E-state index contributed by atoms with van der Waals surface area (Å²) in [5, 5.41) is 8.15. The molecule has 0 saturated carbocycles. The van der Waals surface area contributed by atoms with Crippen molar-refractivity contribution >= 4 is 46.6 Å². The number of aromatic nitrogens is 1. The van der Waals surface area contributed by atoms with Crippen LogP contribution in [0.4, 0.5) is 5.69 Å². The van der Waals surface area contributed by atoms with Gasteiger partial charge in [-0.2, -0.15) is 0 Å². The van der Waals surface area contributed by atoms with Gasteiger partial charge in [-0.05, 0) is 43.3 Å². The lowest BCUT2D eigenvalue weighted by Crippen LogP contribution is -2.21. The van der Waals surface area contributed by atoms with Gasteiger partial charge >= 0.3 is 5.97 Å². The van der Waals surface area contributed by atoms with Crippen molar-refractivity contribution in [3.63, 3.8) is 0 Å². The summed E-state index contributed by atoms with van der Waals surface area (Å²) in [6, 6.07) is 13.5. The van der Waals surface area contributed by atoms with E-state index in [9.17, 15) is 14.4 Å². The van der Waals surface area contributed by atoms with Gasteiger partial charge < -0.3 is 15.4 Å². The third kappa shape index (κ3) is 6.40. The summed E-state index contributed by atoms with van der Waals surface area (Å²) in [6.07, 6.45) is 0. The summed E-state index contributed by atoms with van der Waals surface area (Å²) in [5.74, 6) is -0.610. The highest BCUT2D eigenvalue weighted by Gasteiger charge is 2.15. The van der Waals surface area contributed by atoms with Gasteiger partial charge in [-0.15, -0.1) is 23.1 Å². The molecule has 3 aromatic rings. The quantitative estimate of drug-likeness (QED) is 0.395. The van der Waals surface area contributed by atoms with Gasteiger partial charge in [0.15, 0.2) is 6.61 Å². The van der Waals surface area contributed by atoms with E-state index < -0.39 is 18.5 Å². The first-order chi connectivity index (χ1) is 15.0. The highest BCUT2D eigenvalue weighted by Crippen LogP contribution is 2.27. The summed E-state index contributed by atoms with van der Waals surface area (Å²) in [7, 11) is 1.54. The summed E-state index contributed by atoms with van der Waals surface area (Å²) in [5.41, 5.74) is 2.34. The molecule has 3 rings (SSSR count). The zero-order chi connectivity index (χ0) is 22.2. The Morgan fingerprint density at radius 2 is 1.84 bits per heavy atom. The second-order valence-corrected chi connectivity index (χ2v) is 8.50. The average molecular weight is 456 g/mol. The molecular formula is C22H21N3O4S2. The maximum Gasteiger partial charge on any atom is 0.339 e. The molecule has 0 aliphatic carbocycles. The molecule has 9 heteroatoms. The summed E-state index contributed by atoms with van der Waals surface area (Å²) in [4.78, 5) is 41.4. The maximum absolute atomic E-state index is 12.5. The molecule has 0 aliphatic rings. The molecule has 0 bridgehead atoms. The van der Waals surface area contributed by atoms with Crippen LogP contribution >= 0.6 is 23.1 Å². The molecule has 7 nitrogen and oxygen atoms in total. The number of aryl methyl sites for hydroxylation is 1. The van der Waals surface area contributed by atoms with Crippen molar-refractivity contribution in [3.8, 4) is 0 Å². The number of ether oxygens (including phenoxy) is 1. The van der Waals surface area contributed by atoms with Crippen molar-refractivity contribution in [1.82, 2.24) is 10.3 Å². The van der Waals surface area contributed by atoms with Crippen LogP contribution in [0.2, 0.25) is 0 Å². The van der Waals surface area contributed by atoms with Crippen LogP contribution in [0.1, 0.15) is 31.4 Å². The van der Waals surface area contributed by atoms with Crippen LogP contribution in [0.15, 0.2) is 58.8 Å². The van der Waals surface area contributed by atoms with Crippen LogP contribution in [-0.4, -0.2) is 36.4 Å². The van der Waals surface area contributed by atoms with Gasteiger partial charge in [-0.1, -0.05) is 12.1 Å². The molecule has 2 aromatic carbocycles. The third-order valence-electron chi connectivity index (χ3n) is 4.14. The molecule has 0 fully saturated rings. The van der Waals surface area contributed by atoms with E-state index >= 15 is 0 Å². The van der Waals surface area contributed by atoms with Crippen LogP contribution < -0.4 is 10.6 Å².